The molecule has 0 bridgehead atoms. The summed E-state index contributed by atoms with van der Waals surface area (Å²) < 4.78 is 10.1. The van der Waals surface area contributed by atoms with Crippen molar-refractivity contribution in [2.24, 2.45) is 5.73 Å². The SMILES string of the molecule is COCCCCN(CCOC)CCC(=N)N. The first-order valence-corrected chi connectivity index (χ1v) is 5.73. The van der Waals surface area contributed by atoms with Gasteiger partial charge in [0.05, 0.1) is 12.4 Å². The lowest BCUT2D eigenvalue weighted by atomic mass is 10.2. The molecule has 0 aromatic rings. The van der Waals surface area contributed by atoms with Crippen molar-refractivity contribution in [2.75, 3.05) is 47.1 Å². The Kier molecular flexibility index (Phi) is 10.4. The summed E-state index contributed by atoms with van der Waals surface area (Å²) in [4.78, 5) is 2.28. The molecule has 0 heterocycles. The maximum absolute atomic E-state index is 7.21. The third kappa shape index (κ3) is 9.89. The second-order valence-corrected chi connectivity index (χ2v) is 3.81. The van der Waals surface area contributed by atoms with Crippen LogP contribution in [0.2, 0.25) is 0 Å². The molecule has 0 spiro atoms. The van der Waals surface area contributed by atoms with Crippen molar-refractivity contribution in [1.82, 2.24) is 4.90 Å². The van der Waals surface area contributed by atoms with E-state index in [0.29, 0.717) is 6.42 Å². The monoisotopic (exact) mass is 231 g/mol. The number of nitrogens with zero attached hydrogens (tertiary/aromatic N) is 1. The van der Waals surface area contributed by atoms with Crippen molar-refractivity contribution in [3.05, 3.63) is 0 Å². The summed E-state index contributed by atoms with van der Waals surface area (Å²) in [5.74, 6) is 0.249. The molecule has 0 saturated carbocycles. The van der Waals surface area contributed by atoms with Crippen molar-refractivity contribution in [1.29, 1.82) is 5.41 Å². The number of unbranched alkanes of at least 4 members (excludes halogenated alkanes) is 1. The van der Waals surface area contributed by atoms with Gasteiger partial charge in [-0.15, -0.1) is 0 Å². The fraction of sp³-hybridized carbons (Fsp3) is 0.909. The third-order valence-electron chi connectivity index (χ3n) is 2.38. The average Bonchev–Trinajstić information content (AvgIpc) is 2.26. The first kappa shape index (κ1) is 15.3. The van der Waals surface area contributed by atoms with E-state index in [4.69, 9.17) is 20.6 Å². The molecule has 0 aromatic heterocycles. The molecule has 0 radical (unpaired) electrons. The molecule has 0 aliphatic heterocycles. The van der Waals surface area contributed by atoms with Gasteiger partial charge >= 0.3 is 0 Å². The molecule has 0 unspecified atom stereocenters. The van der Waals surface area contributed by atoms with Gasteiger partial charge in [-0.2, -0.15) is 0 Å². The summed E-state index contributed by atoms with van der Waals surface area (Å²) in [6.07, 6.45) is 2.81. The maximum Gasteiger partial charge on any atom is 0.0918 e. The Morgan fingerprint density at radius 2 is 1.75 bits per heavy atom. The van der Waals surface area contributed by atoms with Crippen molar-refractivity contribution in [3.63, 3.8) is 0 Å². The Morgan fingerprint density at radius 3 is 2.31 bits per heavy atom. The van der Waals surface area contributed by atoms with Crippen molar-refractivity contribution < 1.29 is 9.47 Å². The third-order valence-corrected chi connectivity index (χ3v) is 2.38. The molecular formula is C11H25N3O2. The molecule has 16 heavy (non-hydrogen) atoms. The van der Waals surface area contributed by atoms with E-state index < -0.39 is 0 Å². The van der Waals surface area contributed by atoms with E-state index in [9.17, 15) is 0 Å². The molecule has 5 heteroatoms. The number of hydrogen-bond donors (Lipinski definition) is 2. The van der Waals surface area contributed by atoms with Gasteiger partial charge in [0.25, 0.3) is 0 Å². The van der Waals surface area contributed by atoms with Crippen LogP contribution in [0.15, 0.2) is 0 Å². The molecule has 0 fully saturated rings. The van der Waals surface area contributed by atoms with Gasteiger partial charge in [-0.25, -0.2) is 0 Å². The number of ether oxygens (including phenoxy) is 2. The van der Waals surface area contributed by atoms with Crippen LogP contribution in [-0.4, -0.2) is 57.8 Å². The lowest BCUT2D eigenvalue weighted by molar-refractivity contribution is 0.143. The van der Waals surface area contributed by atoms with Crippen molar-refractivity contribution >= 4 is 5.84 Å². The average molecular weight is 231 g/mol. The van der Waals surface area contributed by atoms with Gasteiger partial charge in [-0.05, 0) is 19.4 Å². The minimum atomic E-state index is 0.249. The zero-order chi connectivity index (χ0) is 12.2. The lowest BCUT2D eigenvalue weighted by Crippen LogP contribution is -2.32. The fourth-order valence-corrected chi connectivity index (χ4v) is 1.42. The lowest BCUT2D eigenvalue weighted by Gasteiger charge is -2.21. The molecule has 3 N–H and O–H groups in total. The van der Waals surface area contributed by atoms with Crippen LogP contribution >= 0.6 is 0 Å². The summed E-state index contributed by atoms with van der Waals surface area (Å²) in [7, 11) is 3.42. The minimum absolute atomic E-state index is 0.249. The molecule has 5 nitrogen and oxygen atoms in total. The highest BCUT2D eigenvalue weighted by atomic mass is 16.5. The van der Waals surface area contributed by atoms with E-state index in [1.54, 1.807) is 14.2 Å². The molecule has 0 rings (SSSR count). The topological polar surface area (TPSA) is 71.6 Å². The minimum Gasteiger partial charge on any atom is -0.388 e. The predicted molar refractivity (Wildman–Crippen MR) is 66.0 cm³/mol. The maximum atomic E-state index is 7.21. The highest BCUT2D eigenvalue weighted by molar-refractivity contribution is 5.76. The van der Waals surface area contributed by atoms with Crippen LogP contribution in [-0.2, 0) is 9.47 Å². The standard InChI is InChI=1S/C11H25N3O2/c1-15-9-4-3-6-14(8-10-16-2)7-5-11(12)13/h3-10H2,1-2H3,(H3,12,13). The Hall–Kier alpha value is -0.650. The zero-order valence-electron chi connectivity index (χ0n) is 10.5. The van der Waals surface area contributed by atoms with Gasteiger partial charge in [0.1, 0.15) is 0 Å². The van der Waals surface area contributed by atoms with Gasteiger partial charge < -0.3 is 20.1 Å². The molecule has 0 aliphatic carbocycles. The molecule has 96 valence electrons. The van der Waals surface area contributed by atoms with E-state index in [2.05, 4.69) is 4.90 Å². The summed E-state index contributed by atoms with van der Waals surface area (Å²) in [5.41, 5.74) is 5.35. The molecule has 0 aliphatic rings. The number of amidine groups is 1. The molecule has 0 saturated heterocycles. The number of rotatable bonds is 11. The summed E-state index contributed by atoms with van der Waals surface area (Å²) >= 11 is 0. The molecule has 0 amide bonds. The van der Waals surface area contributed by atoms with Crippen LogP contribution in [0.5, 0.6) is 0 Å². The van der Waals surface area contributed by atoms with Crippen LogP contribution in [0.1, 0.15) is 19.3 Å². The first-order valence-electron chi connectivity index (χ1n) is 5.73. The molecule has 0 atom stereocenters. The molecule has 0 aromatic carbocycles. The normalized spacial score (nSPS) is 10.9. The highest BCUT2D eigenvalue weighted by Gasteiger charge is 2.04. The molecular weight excluding hydrogens is 206 g/mol. The van der Waals surface area contributed by atoms with Crippen molar-refractivity contribution in [3.8, 4) is 0 Å². The number of hydrogen-bond acceptors (Lipinski definition) is 4. The van der Waals surface area contributed by atoms with Gasteiger partial charge in [0.15, 0.2) is 0 Å². The van der Waals surface area contributed by atoms with Crippen LogP contribution in [0, 0.1) is 5.41 Å². The van der Waals surface area contributed by atoms with Gasteiger partial charge in [0.2, 0.25) is 0 Å². The van der Waals surface area contributed by atoms with E-state index >= 15 is 0 Å². The van der Waals surface area contributed by atoms with Gasteiger partial charge in [-0.1, -0.05) is 0 Å². The van der Waals surface area contributed by atoms with Crippen LogP contribution in [0.4, 0.5) is 0 Å². The number of methoxy groups -OCH3 is 2. The Bertz CT molecular complexity index is 177. The zero-order valence-corrected chi connectivity index (χ0v) is 10.5. The van der Waals surface area contributed by atoms with E-state index in [-0.39, 0.29) is 5.84 Å². The largest absolute Gasteiger partial charge is 0.388 e. The highest BCUT2D eigenvalue weighted by Crippen LogP contribution is 1.97. The van der Waals surface area contributed by atoms with Gasteiger partial charge in [0, 0.05) is 40.3 Å². The summed E-state index contributed by atoms with van der Waals surface area (Å²) in [6, 6.07) is 0. The quantitative estimate of drug-likeness (QED) is 0.312. The smallest absolute Gasteiger partial charge is 0.0918 e. The number of nitrogens with two attached hydrogens (primary N) is 1. The van der Waals surface area contributed by atoms with Crippen LogP contribution < -0.4 is 5.73 Å². The van der Waals surface area contributed by atoms with Crippen molar-refractivity contribution in [2.45, 2.75) is 19.3 Å². The Balaban J connectivity index is 3.66. The Labute approximate surface area is 98.4 Å². The summed E-state index contributed by atoms with van der Waals surface area (Å²) in [5, 5.41) is 7.21. The van der Waals surface area contributed by atoms with E-state index in [1.807, 2.05) is 0 Å². The number of nitrogens with one attached hydrogen (secondary N) is 1. The fourth-order valence-electron chi connectivity index (χ4n) is 1.42. The van der Waals surface area contributed by atoms with E-state index in [1.165, 1.54) is 0 Å². The van der Waals surface area contributed by atoms with Crippen LogP contribution in [0.25, 0.3) is 0 Å². The Morgan fingerprint density at radius 1 is 1.06 bits per heavy atom. The summed E-state index contributed by atoms with van der Waals surface area (Å²) in [6.45, 7) is 4.29. The second kappa shape index (κ2) is 10.9. The second-order valence-electron chi connectivity index (χ2n) is 3.81. The van der Waals surface area contributed by atoms with Crippen LogP contribution in [0.3, 0.4) is 0 Å². The van der Waals surface area contributed by atoms with E-state index in [0.717, 1.165) is 45.7 Å². The predicted octanol–water partition coefficient (Wildman–Crippen LogP) is 0.687. The first-order chi connectivity index (χ1) is 7.70. The van der Waals surface area contributed by atoms with Gasteiger partial charge in [-0.3, -0.25) is 5.41 Å².